The first kappa shape index (κ1) is 18.7. The zero-order valence-electron chi connectivity index (χ0n) is 15.5. The molecule has 2 heterocycles. The first-order valence-electron chi connectivity index (χ1n) is 9.58. The lowest BCUT2D eigenvalue weighted by atomic mass is 9.82. The molecule has 0 saturated carbocycles. The molecule has 4 rings (SSSR count). The van der Waals surface area contributed by atoms with Crippen molar-refractivity contribution in [1.82, 2.24) is 5.06 Å². The van der Waals surface area contributed by atoms with E-state index in [9.17, 15) is 9.59 Å². The maximum Gasteiger partial charge on any atom is 0.357 e. The molecule has 6 nitrogen and oxygen atoms in total. The van der Waals surface area contributed by atoms with Crippen molar-refractivity contribution in [2.24, 2.45) is 0 Å². The Bertz CT molecular complexity index is 843. The van der Waals surface area contributed by atoms with Gasteiger partial charge >= 0.3 is 11.9 Å². The first-order chi connectivity index (χ1) is 13.6. The van der Waals surface area contributed by atoms with Gasteiger partial charge in [-0.3, -0.25) is 0 Å². The van der Waals surface area contributed by atoms with E-state index in [0.717, 1.165) is 31.4 Å². The number of carboxylic acids is 1. The van der Waals surface area contributed by atoms with Crippen molar-refractivity contribution in [3.8, 4) is 0 Å². The highest BCUT2D eigenvalue weighted by Gasteiger charge is 2.44. The molecule has 6 heteroatoms. The fourth-order valence-corrected chi connectivity index (χ4v) is 4.11. The van der Waals surface area contributed by atoms with Gasteiger partial charge in [-0.05, 0) is 55.5 Å². The molecule has 0 amide bonds. The molecule has 2 saturated heterocycles. The molecule has 2 aliphatic heterocycles. The van der Waals surface area contributed by atoms with Gasteiger partial charge in [-0.1, -0.05) is 30.3 Å². The summed E-state index contributed by atoms with van der Waals surface area (Å²) in [6.07, 6.45) is 3.55. The van der Waals surface area contributed by atoms with Gasteiger partial charge in [0.1, 0.15) is 0 Å². The fraction of sp³-hybridized carbons (Fsp3) is 0.364. The standard InChI is InChI=1S/C22H23NO5/c24-20(25)17-9-7-16(8-10-17)19-15-22(11-4-14-27-22)12-13-23(19)28-21(26)18-5-2-1-3-6-18/h1-3,5-10,19H,4,11-15H2,(H,24,25). The second kappa shape index (κ2) is 7.73. The molecule has 2 unspecified atom stereocenters. The van der Waals surface area contributed by atoms with E-state index < -0.39 is 11.9 Å². The summed E-state index contributed by atoms with van der Waals surface area (Å²) in [6, 6.07) is 15.5. The van der Waals surface area contributed by atoms with Crippen molar-refractivity contribution >= 4 is 11.9 Å². The Morgan fingerprint density at radius 3 is 2.43 bits per heavy atom. The van der Waals surface area contributed by atoms with Gasteiger partial charge in [0.15, 0.2) is 0 Å². The van der Waals surface area contributed by atoms with Crippen LogP contribution in [0.2, 0.25) is 0 Å². The molecule has 2 fully saturated rings. The molecule has 2 aromatic rings. The average Bonchev–Trinajstić information content (AvgIpc) is 3.18. The van der Waals surface area contributed by atoms with E-state index in [0.29, 0.717) is 18.5 Å². The molecule has 2 aromatic carbocycles. The predicted molar refractivity (Wildman–Crippen MR) is 102 cm³/mol. The smallest absolute Gasteiger partial charge is 0.357 e. The van der Waals surface area contributed by atoms with E-state index in [-0.39, 0.29) is 17.2 Å². The number of benzene rings is 2. The van der Waals surface area contributed by atoms with Gasteiger partial charge in [0.25, 0.3) is 0 Å². The monoisotopic (exact) mass is 381 g/mol. The summed E-state index contributed by atoms with van der Waals surface area (Å²) in [7, 11) is 0. The predicted octanol–water partition coefficient (Wildman–Crippen LogP) is 3.84. The molecule has 28 heavy (non-hydrogen) atoms. The van der Waals surface area contributed by atoms with Crippen LogP contribution in [0.1, 0.15) is 58.0 Å². The van der Waals surface area contributed by atoms with Gasteiger partial charge in [0.2, 0.25) is 0 Å². The Kier molecular flexibility index (Phi) is 5.15. The van der Waals surface area contributed by atoms with E-state index in [4.69, 9.17) is 14.7 Å². The van der Waals surface area contributed by atoms with Gasteiger partial charge in [-0.15, -0.1) is 5.06 Å². The summed E-state index contributed by atoms with van der Waals surface area (Å²) < 4.78 is 6.07. The summed E-state index contributed by atoms with van der Waals surface area (Å²) in [5.41, 5.74) is 1.46. The maximum absolute atomic E-state index is 12.6. The molecule has 0 bridgehead atoms. The Hall–Kier alpha value is -2.70. The zero-order chi connectivity index (χ0) is 19.6. The van der Waals surface area contributed by atoms with E-state index in [1.54, 1.807) is 53.6 Å². The lowest BCUT2D eigenvalue weighted by Crippen LogP contribution is -2.46. The van der Waals surface area contributed by atoms with Gasteiger partial charge in [0, 0.05) is 13.2 Å². The van der Waals surface area contributed by atoms with Crippen LogP contribution in [0, 0.1) is 0 Å². The third-order valence-electron chi connectivity index (χ3n) is 5.64. The van der Waals surface area contributed by atoms with Gasteiger partial charge < -0.3 is 14.7 Å². The van der Waals surface area contributed by atoms with Crippen LogP contribution >= 0.6 is 0 Å². The number of piperidine rings is 1. The van der Waals surface area contributed by atoms with E-state index in [1.165, 1.54) is 0 Å². The number of aromatic carboxylic acids is 1. The quantitative estimate of drug-likeness (QED) is 0.867. The van der Waals surface area contributed by atoms with Crippen molar-refractivity contribution in [3.63, 3.8) is 0 Å². The topological polar surface area (TPSA) is 76.1 Å². The summed E-state index contributed by atoms with van der Waals surface area (Å²) in [5, 5.41) is 10.9. The van der Waals surface area contributed by atoms with Crippen molar-refractivity contribution in [3.05, 3.63) is 71.3 Å². The lowest BCUT2D eigenvalue weighted by Gasteiger charge is -2.43. The van der Waals surface area contributed by atoms with Crippen molar-refractivity contribution in [1.29, 1.82) is 0 Å². The minimum Gasteiger partial charge on any atom is -0.478 e. The minimum absolute atomic E-state index is 0.178. The highest BCUT2D eigenvalue weighted by atomic mass is 16.7. The Balaban J connectivity index is 1.58. The first-order valence-corrected chi connectivity index (χ1v) is 9.58. The molecular weight excluding hydrogens is 358 g/mol. The molecular formula is C22H23NO5. The van der Waals surface area contributed by atoms with Crippen LogP contribution in [0.3, 0.4) is 0 Å². The van der Waals surface area contributed by atoms with E-state index >= 15 is 0 Å². The molecule has 1 spiro atoms. The second-order valence-corrected chi connectivity index (χ2v) is 7.42. The number of rotatable bonds is 4. The highest BCUT2D eigenvalue weighted by Crippen LogP contribution is 2.44. The van der Waals surface area contributed by atoms with Gasteiger partial charge in [-0.2, -0.15) is 0 Å². The second-order valence-electron chi connectivity index (χ2n) is 7.42. The molecule has 146 valence electrons. The molecule has 0 aromatic heterocycles. The summed E-state index contributed by atoms with van der Waals surface area (Å²) in [4.78, 5) is 29.5. The SMILES string of the molecule is O=C(O)c1ccc(C2CC3(CCCO3)CCN2OC(=O)c2ccccc2)cc1. The Morgan fingerprint density at radius 2 is 1.79 bits per heavy atom. The number of hydrogen-bond donors (Lipinski definition) is 1. The summed E-state index contributed by atoms with van der Waals surface area (Å²) in [5.74, 6) is -1.35. The third-order valence-corrected chi connectivity index (χ3v) is 5.64. The zero-order valence-corrected chi connectivity index (χ0v) is 15.5. The number of ether oxygens (including phenoxy) is 1. The van der Waals surface area contributed by atoms with Gasteiger partial charge in [-0.25, -0.2) is 9.59 Å². The third kappa shape index (κ3) is 3.79. The van der Waals surface area contributed by atoms with Crippen LogP contribution in [0.15, 0.2) is 54.6 Å². The van der Waals surface area contributed by atoms with Crippen molar-refractivity contribution in [2.45, 2.75) is 37.3 Å². The Morgan fingerprint density at radius 1 is 1.04 bits per heavy atom. The van der Waals surface area contributed by atoms with Crippen molar-refractivity contribution in [2.75, 3.05) is 13.2 Å². The highest BCUT2D eigenvalue weighted by molar-refractivity contribution is 5.89. The number of carbonyl (C=O) groups is 2. The van der Waals surface area contributed by atoms with E-state index in [1.807, 2.05) is 6.07 Å². The molecule has 0 aliphatic carbocycles. The van der Waals surface area contributed by atoms with Crippen LogP contribution in [0.5, 0.6) is 0 Å². The van der Waals surface area contributed by atoms with E-state index in [2.05, 4.69) is 0 Å². The number of nitrogens with zero attached hydrogens (tertiary/aromatic N) is 1. The number of carboxylic acid groups (broad SMARTS) is 1. The molecule has 0 radical (unpaired) electrons. The number of hydroxylamine groups is 2. The van der Waals surface area contributed by atoms with Gasteiger partial charge in [0.05, 0.1) is 22.8 Å². The summed E-state index contributed by atoms with van der Waals surface area (Å²) >= 11 is 0. The van der Waals surface area contributed by atoms with Crippen LogP contribution in [-0.4, -0.2) is 40.9 Å². The minimum atomic E-state index is -0.960. The lowest BCUT2D eigenvalue weighted by molar-refractivity contribution is -0.189. The molecule has 1 N–H and O–H groups in total. The number of carbonyl (C=O) groups excluding carboxylic acids is 1. The van der Waals surface area contributed by atoms with Crippen molar-refractivity contribution < 1.29 is 24.3 Å². The van der Waals surface area contributed by atoms with Crippen LogP contribution in [0.4, 0.5) is 0 Å². The Labute approximate surface area is 163 Å². The molecule has 2 atom stereocenters. The summed E-state index contributed by atoms with van der Waals surface area (Å²) in [6.45, 7) is 1.33. The van der Waals surface area contributed by atoms with Crippen LogP contribution in [0.25, 0.3) is 0 Å². The number of hydrogen-bond acceptors (Lipinski definition) is 5. The fourth-order valence-electron chi connectivity index (χ4n) is 4.11. The maximum atomic E-state index is 12.6. The van der Waals surface area contributed by atoms with Crippen LogP contribution < -0.4 is 0 Å². The average molecular weight is 381 g/mol. The normalized spacial score (nSPS) is 24.9. The molecule has 2 aliphatic rings. The largest absolute Gasteiger partial charge is 0.478 e. The van der Waals surface area contributed by atoms with Crippen LogP contribution in [-0.2, 0) is 9.57 Å².